The summed E-state index contributed by atoms with van der Waals surface area (Å²) in [5.41, 5.74) is 12.4. The van der Waals surface area contributed by atoms with E-state index in [0.29, 0.717) is 44.2 Å². The zero-order valence-electron chi connectivity index (χ0n) is 29.1. The molecule has 1 aliphatic carbocycles. The lowest BCUT2D eigenvalue weighted by Gasteiger charge is -2.33. The quantitative estimate of drug-likeness (QED) is 0.157. The van der Waals surface area contributed by atoms with Crippen molar-refractivity contribution < 1.29 is 32.3 Å². The van der Waals surface area contributed by atoms with Crippen molar-refractivity contribution in [3.05, 3.63) is 65.0 Å². The van der Waals surface area contributed by atoms with Crippen molar-refractivity contribution in [1.82, 2.24) is 25.4 Å². The number of aliphatic imine (C=N–C) groups is 1. The molecule has 2 aromatic rings. The summed E-state index contributed by atoms with van der Waals surface area (Å²) < 4.78 is 39.5. The zero-order chi connectivity index (χ0) is 37.0. The molecule has 3 fully saturated rings. The Hall–Kier alpha value is -4.69. The Bertz CT molecular complexity index is 1510. The molecule has 2 bridgehead atoms. The largest absolute Gasteiger partial charge is 0.416 e. The van der Waals surface area contributed by atoms with E-state index >= 15 is 0 Å². The van der Waals surface area contributed by atoms with E-state index < -0.39 is 29.5 Å². The number of ketones is 1. The molecule has 2 aliphatic heterocycles. The number of fused-ring (bicyclic) bond motifs is 13. The van der Waals surface area contributed by atoms with E-state index in [9.17, 15) is 32.3 Å². The lowest BCUT2D eigenvalue weighted by Crippen LogP contribution is -2.53. The maximum absolute atomic E-state index is 14.2. The number of nitrogens with two attached hydrogens (primary N) is 2. The molecule has 0 spiro atoms. The Morgan fingerprint density at radius 1 is 0.882 bits per heavy atom. The topological polar surface area (TPSA) is 176 Å². The van der Waals surface area contributed by atoms with E-state index in [-0.39, 0.29) is 75.3 Å². The number of urea groups is 1. The number of amides is 4. The third kappa shape index (κ3) is 12.9. The molecule has 278 valence electrons. The van der Waals surface area contributed by atoms with E-state index in [4.69, 9.17) is 11.5 Å². The molecule has 2 saturated heterocycles. The Labute approximate surface area is 296 Å². The van der Waals surface area contributed by atoms with Crippen molar-refractivity contribution in [2.45, 2.75) is 89.4 Å². The highest BCUT2D eigenvalue weighted by Crippen LogP contribution is 2.29. The van der Waals surface area contributed by atoms with Gasteiger partial charge in [0, 0.05) is 44.0 Å². The summed E-state index contributed by atoms with van der Waals surface area (Å²) in [4.78, 5) is 65.9. The van der Waals surface area contributed by atoms with Crippen LogP contribution in [0.1, 0.15) is 73.8 Å². The number of hydrogen-bond donors (Lipinski definition) is 4. The highest BCUT2D eigenvalue weighted by atomic mass is 19.4. The van der Waals surface area contributed by atoms with Gasteiger partial charge < -0.3 is 31.9 Å². The number of aromatic nitrogens is 1. The third-order valence-corrected chi connectivity index (χ3v) is 9.41. The van der Waals surface area contributed by atoms with Gasteiger partial charge in [0.1, 0.15) is 6.04 Å². The minimum atomic E-state index is -4.49. The molecule has 51 heavy (non-hydrogen) atoms. The highest BCUT2D eigenvalue weighted by Gasteiger charge is 2.32. The first-order valence-corrected chi connectivity index (χ1v) is 17.5. The number of aryl methyl sites for hydroxylation is 1. The van der Waals surface area contributed by atoms with Gasteiger partial charge in [-0.05, 0) is 100.0 Å². The minimum absolute atomic E-state index is 0.00222. The van der Waals surface area contributed by atoms with Crippen LogP contribution in [0.4, 0.5) is 18.0 Å². The number of hydrogen-bond acceptors (Lipinski definition) is 6. The first-order valence-electron chi connectivity index (χ1n) is 17.5. The summed E-state index contributed by atoms with van der Waals surface area (Å²) in [6.45, 7) is 1.84. The van der Waals surface area contributed by atoms with Crippen LogP contribution >= 0.6 is 0 Å². The van der Waals surface area contributed by atoms with Crippen LogP contribution < -0.4 is 22.1 Å². The number of nitrogens with one attached hydrogen (secondary N) is 2. The number of pyridine rings is 1. The highest BCUT2D eigenvalue weighted by molar-refractivity contribution is 5.93. The van der Waals surface area contributed by atoms with Gasteiger partial charge in [-0.15, -0.1) is 0 Å². The monoisotopic (exact) mass is 714 g/mol. The van der Waals surface area contributed by atoms with Gasteiger partial charge in [0.15, 0.2) is 11.7 Å². The Balaban J connectivity index is 1.58. The van der Waals surface area contributed by atoms with E-state index in [0.717, 1.165) is 36.2 Å². The van der Waals surface area contributed by atoms with E-state index in [1.807, 2.05) is 19.1 Å². The summed E-state index contributed by atoms with van der Waals surface area (Å²) in [5, 5.41) is 5.99. The Morgan fingerprint density at radius 2 is 1.53 bits per heavy atom. The summed E-state index contributed by atoms with van der Waals surface area (Å²) in [6, 6.07) is 7.02. The van der Waals surface area contributed by atoms with Gasteiger partial charge in [-0.25, -0.2) is 4.79 Å². The number of alkyl halides is 3. The molecule has 1 atom stereocenters. The second-order valence-electron chi connectivity index (χ2n) is 13.5. The maximum Gasteiger partial charge on any atom is 0.416 e. The van der Waals surface area contributed by atoms with Crippen molar-refractivity contribution in [3.63, 3.8) is 0 Å². The molecule has 3 heterocycles. The molecule has 5 rings (SSSR count). The molecule has 6 N–H and O–H groups in total. The molecule has 1 aromatic heterocycles. The zero-order valence-corrected chi connectivity index (χ0v) is 29.1. The minimum Gasteiger partial charge on any atom is -0.370 e. The Kier molecular flexibility index (Phi) is 14.2. The number of carbonyl (C=O) groups excluding carboxylic acids is 4. The molecule has 3 aliphatic rings. The van der Waals surface area contributed by atoms with Crippen LogP contribution in [0.2, 0.25) is 0 Å². The summed E-state index contributed by atoms with van der Waals surface area (Å²) in [5.74, 6) is -1.12. The van der Waals surface area contributed by atoms with Gasteiger partial charge >= 0.3 is 12.2 Å². The van der Waals surface area contributed by atoms with Crippen molar-refractivity contribution in [2.24, 2.45) is 22.4 Å². The number of rotatable bonds is 11. The fraction of sp³-hybridized carbons (Fsp3) is 0.556. The predicted octanol–water partition coefficient (Wildman–Crippen LogP) is 3.49. The summed E-state index contributed by atoms with van der Waals surface area (Å²) in [6.07, 6.45) is 2.24. The average molecular weight is 715 g/mol. The lowest BCUT2D eigenvalue weighted by molar-refractivity contribution is -0.139. The van der Waals surface area contributed by atoms with E-state index in [2.05, 4.69) is 20.6 Å². The van der Waals surface area contributed by atoms with Crippen LogP contribution in [0.5, 0.6) is 0 Å². The van der Waals surface area contributed by atoms with Crippen LogP contribution in [0.15, 0.2) is 47.6 Å². The van der Waals surface area contributed by atoms with Crippen molar-refractivity contribution in [3.8, 4) is 0 Å². The number of benzene rings is 1. The van der Waals surface area contributed by atoms with Crippen molar-refractivity contribution >= 4 is 29.6 Å². The lowest BCUT2D eigenvalue weighted by atomic mass is 9.84. The maximum atomic E-state index is 14.2. The first-order chi connectivity index (χ1) is 24.3. The van der Waals surface area contributed by atoms with Crippen molar-refractivity contribution in [1.29, 1.82) is 0 Å². The molecule has 1 saturated carbocycles. The number of carbonyl (C=O) groups is 4. The van der Waals surface area contributed by atoms with Gasteiger partial charge in [0.25, 0.3) is 0 Å². The van der Waals surface area contributed by atoms with Crippen molar-refractivity contribution in [2.75, 3.05) is 32.7 Å². The fourth-order valence-electron chi connectivity index (χ4n) is 6.47. The molecule has 0 radical (unpaired) electrons. The van der Waals surface area contributed by atoms with Crippen LogP contribution in [0.3, 0.4) is 0 Å². The molecule has 1 aromatic carbocycles. The second kappa shape index (κ2) is 18.5. The molecule has 15 heteroatoms. The number of Topliss-reactive ketones (excluding diaryl/α,β-unsaturated/α-hetero) is 1. The van der Waals surface area contributed by atoms with Crippen LogP contribution in [0, 0.1) is 12.8 Å². The number of nitrogens with zero attached hydrogens (tertiary/aromatic N) is 4. The predicted molar refractivity (Wildman–Crippen MR) is 186 cm³/mol. The molecular weight excluding hydrogens is 665 g/mol. The van der Waals surface area contributed by atoms with E-state index in [1.54, 1.807) is 6.20 Å². The van der Waals surface area contributed by atoms with Gasteiger partial charge in [0.2, 0.25) is 11.8 Å². The van der Waals surface area contributed by atoms with Gasteiger partial charge in [-0.3, -0.25) is 24.4 Å². The molecule has 0 unspecified atom stereocenters. The summed E-state index contributed by atoms with van der Waals surface area (Å²) >= 11 is 0. The second-order valence-corrected chi connectivity index (χ2v) is 13.5. The first kappa shape index (κ1) is 39.1. The molecule has 4 amide bonds. The normalized spacial score (nSPS) is 21.0. The average Bonchev–Trinajstić information content (AvgIpc) is 3.08. The smallest absolute Gasteiger partial charge is 0.370 e. The number of guanidine groups is 1. The van der Waals surface area contributed by atoms with Crippen LogP contribution in [0.25, 0.3) is 0 Å². The third-order valence-electron chi connectivity index (χ3n) is 9.41. The van der Waals surface area contributed by atoms with E-state index in [1.165, 1.54) is 21.9 Å². The number of unbranched alkanes of at least 4 members (excludes halogenated alkanes) is 1. The van der Waals surface area contributed by atoms with Gasteiger partial charge in [-0.2, -0.15) is 13.2 Å². The number of halogens is 3. The summed E-state index contributed by atoms with van der Waals surface area (Å²) in [7, 11) is 0. The molecular formula is C36H49F3N8O4. The fourth-order valence-corrected chi connectivity index (χ4v) is 6.47. The Morgan fingerprint density at radius 3 is 2.18 bits per heavy atom. The van der Waals surface area contributed by atoms with Gasteiger partial charge in [0.05, 0.1) is 18.7 Å². The van der Waals surface area contributed by atoms with Gasteiger partial charge in [-0.1, -0.05) is 18.2 Å². The standard InChI is InChI=1S/C36H49F3N8O4/c1-24-5-6-27(21-43-24)16-19-47-23-30(48)22-46(18-15-25-7-11-28(12-8-25)36(37,38)39)33(50)31(4-2-3-17-42-34(40)41)45-32(49)20-26-9-13-29(14-10-26)44-35(47)51/h5-8,11-12,21,26,29,31H,2-4,9-10,13-20,22-23H2,1H3,(H,44,51)(H,45,49)(H4,40,41,42)/t26?,29?,31-/m0/s1. The SMILES string of the molecule is Cc1ccc(CCN2CC(=O)CN(CCc3ccc(C(F)(F)F)cc3)C(=O)[C@H](CCCCN=C(N)N)NC(=O)CC3CCC(CC3)NC2=O)cn1. The van der Waals surface area contributed by atoms with Crippen LogP contribution in [-0.4, -0.2) is 89.2 Å². The van der Waals surface area contributed by atoms with Crippen LogP contribution in [-0.2, 0) is 33.4 Å². The molecule has 12 nitrogen and oxygen atoms in total.